The van der Waals surface area contributed by atoms with Gasteiger partial charge < -0.3 is 4.90 Å². The predicted octanol–water partition coefficient (Wildman–Crippen LogP) is 3.71. The zero-order chi connectivity index (χ0) is 14.7. The van der Waals surface area contributed by atoms with E-state index in [1.54, 1.807) is 12.1 Å². The van der Waals surface area contributed by atoms with Gasteiger partial charge in [0, 0.05) is 18.8 Å². The Balaban J connectivity index is 1.89. The van der Waals surface area contributed by atoms with Crippen molar-refractivity contribution in [2.24, 2.45) is 0 Å². The summed E-state index contributed by atoms with van der Waals surface area (Å²) >= 11 is 1.29. The number of benzene rings is 1. The molecule has 21 heavy (non-hydrogen) atoms. The smallest absolute Gasteiger partial charge is 0.191 e. The fourth-order valence-electron chi connectivity index (χ4n) is 2.79. The molecular formula is C16H19NO2S2. The first-order valence-corrected chi connectivity index (χ1v) is 9.79. The van der Waals surface area contributed by atoms with Crippen molar-refractivity contribution in [1.82, 2.24) is 0 Å². The summed E-state index contributed by atoms with van der Waals surface area (Å²) in [5.74, 6) is 0.0835. The monoisotopic (exact) mass is 321 g/mol. The summed E-state index contributed by atoms with van der Waals surface area (Å²) < 4.78 is 25.4. The van der Waals surface area contributed by atoms with Gasteiger partial charge in [-0.2, -0.15) is 0 Å². The molecule has 0 saturated carbocycles. The molecule has 2 aromatic rings. The molecular weight excluding hydrogens is 302 g/mol. The van der Waals surface area contributed by atoms with Crippen molar-refractivity contribution in [2.75, 3.05) is 18.0 Å². The molecule has 3 rings (SSSR count). The summed E-state index contributed by atoms with van der Waals surface area (Å²) in [6, 6.07) is 11.4. The van der Waals surface area contributed by atoms with E-state index in [9.17, 15) is 8.42 Å². The first kappa shape index (κ1) is 14.6. The minimum Gasteiger partial charge on any atom is -0.371 e. The normalized spacial score (nSPS) is 16.1. The lowest BCUT2D eigenvalue weighted by Gasteiger charge is -2.30. The molecule has 0 atom stereocenters. The molecule has 1 aliphatic rings. The van der Waals surface area contributed by atoms with Crippen molar-refractivity contribution in [1.29, 1.82) is 0 Å². The van der Waals surface area contributed by atoms with Crippen LogP contribution in [0.15, 0.2) is 46.0 Å². The lowest BCUT2D eigenvalue weighted by molar-refractivity contribution is 0.576. The molecule has 0 radical (unpaired) electrons. The maximum atomic E-state index is 12.5. The molecule has 0 unspecified atom stereocenters. The summed E-state index contributed by atoms with van der Waals surface area (Å²) in [5.41, 5.74) is 1.99. The van der Waals surface area contributed by atoms with Gasteiger partial charge in [0.2, 0.25) is 0 Å². The molecule has 1 aliphatic heterocycles. The summed E-state index contributed by atoms with van der Waals surface area (Å²) in [7, 11) is -3.24. The molecule has 0 bridgehead atoms. The van der Waals surface area contributed by atoms with E-state index in [1.807, 2.05) is 29.6 Å². The van der Waals surface area contributed by atoms with Crippen molar-refractivity contribution >= 4 is 26.9 Å². The molecule has 1 saturated heterocycles. The minimum absolute atomic E-state index is 0.0835. The van der Waals surface area contributed by atoms with Crippen LogP contribution in [0.2, 0.25) is 0 Å². The number of rotatable bonds is 4. The molecule has 1 aromatic carbocycles. The Bertz CT molecular complexity index is 687. The number of thiophene rings is 1. The van der Waals surface area contributed by atoms with Crippen molar-refractivity contribution in [3.8, 4) is 0 Å². The number of hydrogen-bond acceptors (Lipinski definition) is 4. The number of sulfone groups is 1. The van der Waals surface area contributed by atoms with Gasteiger partial charge in [0.25, 0.3) is 0 Å². The Kier molecular flexibility index (Phi) is 4.31. The molecule has 112 valence electrons. The molecule has 1 fully saturated rings. The van der Waals surface area contributed by atoms with Crippen LogP contribution in [0, 0.1) is 0 Å². The van der Waals surface area contributed by atoms with Crippen LogP contribution in [-0.2, 0) is 15.6 Å². The highest BCUT2D eigenvalue weighted by molar-refractivity contribution is 7.92. The zero-order valence-electron chi connectivity index (χ0n) is 11.9. The Morgan fingerprint density at radius 3 is 2.48 bits per heavy atom. The van der Waals surface area contributed by atoms with E-state index in [2.05, 4.69) is 4.90 Å². The van der Waals surface area contributed by atoms with Gasteiger partial charge in [-0.05, 0) is 42.3 Å². The van der Waals surface area contributed by atoms with E-state index in [0.717, 1.165) is 24.3 Å². The summed E-state index contributed by atoms with van der Waals surface area (Å²) in [5, 5.41) is 1.81. The topological polar surface area (TPSA) is 37.4 Å². The third-order valence-electron chi connectivity index (χ3n) is 3.84. The molecule has 0 spiro atoms. The van der Waals surface area contributed by atoms with Crippen molar-refractivity contribution in [3.63, 3.8) is 0 Å². The Hall–Kier alpha value is -1.33. The second kappa shape index (κ2) is 6.20. The van der Waals surface area contributed by atoms with Crippen LogP contribution in [0.3, 0.4) is 0 Å². The third kappa shape index (κ3) is 3.30. The Labute approximate surface area is 130 Å². The van der Waals surface area contributed by atoms with Crippen LogP contribution in [0.1, 0.15) is 24.8 Å². The molecule has 0 aliphatic carbocycles. The van der Waals surface area contributed by atoms with E-state index < -0.39 is 9.84 Å². The van der Waals surface area contributed by atoms with E-state index in [4.69, 9.17) is 0 Å². The maximum absolute atomic E-state index is 12.5. The fourth-order valence-corrected chi connectivity index (χ4v) is 5.25. The number of piperidine rings is 1. The standard InChI is InChI=1S/C16H19NO2S2/c18-21(19,16-9-6-12-20-16)13-14-7-2-3-8-15(14)17-10-4-1-5-11-17/h2-3,6-9,12H,1,4-5,10-11,13H2. The molecule has 2 heterocycles. The van der Waals surface area contributed by atoms with Crippen LogP contribution >= 0.6 is 11.3 Å². The van der Waals surface area contributed by atoms with Gasteiger partial charge in [-0.1, -0.05) is 24.3 Å². The van der Waals surface area contributed by atoms with Gasteiger partial charge in [0.15, 0.2) is 9.84 Å². The fraction of sp³-hybridized carbons (Fsp3) is 0.375. The highest BCUT2D eigenvalue weighted by Crippen LogP contribution is 2.28. The summed E-state index contributed by atoms with van der Waals surface area (Å²) in [4.78, 5) is 2.32. The van der Waals surface area contributed by atoms with Crippen LogP contribution in [0.5, 0.6) is 0 Å². The maximum Gasteiger partial charge on any atom is 0.191 e. The summed E-state index contributed by atoms with van der Waals surface area (Å²) in [6.45, 7) is 2.05. The number of para-hydroxylation sites is 1. The lowest BCUT2D eigenvalue weighted by Crippen LogP contribution is -2.30. The predicted molar refractivity (Wildman–Crippen MR) is 87.7 cm³/mol. The quantitative estimate of drug-likeness (QED) is 0.861. The van der Waals surface area contributed by atoms with Crippen LogP contribution in [-0.4, -0.2) is 21.5 Å². The number of hydrogen-bond donors (Lipinski definition) is 0. The lowest BCUT2D eigenvalue weighted by atomic mass is 10.1. The highest BCUT2D eigenvalue weighted by atomic mass is 32.2. The first-order valence-electron chi connectivity index (χ1n) is 7.26. The van der Waals surface area contributed by atoms with Gasteiger partial charge >= 0.3 is 0 Å². The van der Waals surface area contributed by atoms with Gasteiger partial charge in [-0.25, -0.2) is 8.42 Å². The molecule has 0 amide bonds. The zero-order valence-corrected chi connectivity index (χ0v) is 13.5. The van der Waals surface area contributed by atoms with Crippen molar-refractivity contribution in [2.45, 2.75) is 29.2 Å². The Morgan fingerprint density at radius 1 is 1.00 bits per heavy atom. The minimum atomic E-state index is -3.24. The average Bonchev–Trinajstić information content (AvgIpc) is 3.03. The van der Waals surface area contributed by atoms with Crippen LogP contribution in [0.25, 0.3) is 0 Å². The number of anilines is 1. The van der Waals surface area contributed by atoms with Crippen LogP contribution in [0.4, 0.5) is 5.69 Å². The molecule has 5 heteroatoms. The molecule has 3 nitrogen and oxygen atoms in total. The highest BCUT2D eigenvalue weighted by Gasteiger charge is 2.20. The van der Waals surface area contributed by atoms with Gasteiger partial charge in [-0.15, -0.1) is 11.3 Å². The number of nitrogens with zero attached hydrogens (tertiary/aromatic N) is 1. The largest absolute Gasteiger partial charge is 0.371 e. The summed E-state index contributed by atoms with van der Waals surface area (Å²) in [6.07, 6.45) is 3.64. The average molecular weight is 321 g/mol. The SMILES string of the molecule is O=S(=O)(Cc1ccccc1N1CCCCC1)c1cccs1. The third-order valence-corrected chi connectivity index (χ3v) is 6.99. The molecule has 0 N–H and O–H groups in total. The van der Waals surface area contributed by atoms with E-state index >= 15 is 0 Å². The second-order valence-electron chi connectivity index (χ2n) is 5.37. The van der Waals surface area contributed by atoms with E-state index in [1.165, 1.54) is 30.6 Å². The molecule has 1 aromatic heterocycles. The van der Waals surface area contributed by atoms with E-state index in [0.29, 0.717) is 4.21 Å². The Morgan fingerprint density at radius 2 is 1.76 bits per heavy atom. The van der Waals surface area contributed by atoms with Crippen molar-refractivity contribution < 1.29 is 8.42 Å². The van der Waals surface area contributed by atoms with Gasteiger partial charge in [-0.3, -0.25) is 0 Å². The van der Waals surface area contributed by atoms with Gasteiger partial charge in [0.05, 0.1) is 5.75 Å². The van der Waals surface area contributed by atoms with E-state index in [-0.39, 0.29) is 5.75 Å². The van der Waals surface area contributed by atoms with Crippen molar-refractivity contribution in [3.05, 3.63) is 47.3 Å². The first-order chi connectivity index (χ1) is 10.2. The van der Waals surface area contributed by atoms with Crippen LogP contribution < -0.4 is 4.90 Å². The van der Waals surface area contributed by atoms with Gasteiger partial charge in [0.1, 0.15) is 4.21 Å². The second-order valence-corrected chi connectivity index (χ2v) is 8.53.